The van der Waals surface area contributed by atoms with Gasteiger partial charge in [-0.15, -0.1) is 0 Å². The maximum absolute atomic E-state index is 9.41. The predicted octanol–water partition coefficient (Wildman–Crippen LogP) is 3.34. The Hall–Kier alpha value is -2.62. The van der Waals surface area contributed by atoms with Crippen LogP contribution in [0.15, 0.2) is 78.9 Å². The number of hydrogen-bond acceptors (Lipinski definition) is 2. The van der Waals surface area contributed by atoms with Gasteiger partial charge in [-0.25, -0.2) is 0 Å². The van der Waals surface area contributed by atoms with Crippen LogP contribution in [0.25, 0.3) is 32.7 Å². The highest BCUT2D eigenvalue weighted by atomic mass is 16.4. The summed E-state index contributed by atoms with van der Waals surface area (Å²) in [6.07, 6.45) is 0. The Balaban J connectivity index is 1.99. The second-order valence-corrected chi connectivity index (χ2v) is 5.73. The van der Waals surface area contributed by atoms with Crippen LogP contribution in [0.1, 0.15) is 0 Å². The van der Waals surface area contributed by atoms with Gasteiger partial charge in [-0.2, -0.15) is 0 Å². The van der Waals surface area contributed by atoms with E-state index in [1.165, 1.54) is 16.2 Å². The van der Waals surface area contributed by atoms with E-state index in [2.05, 4.69) is 36.4 Å². The zero-order valence-corrected chi connectivity index (χ0v) is 12.5. The smallest absolute Gasteiger partial charge is 0.423 e. The molecule has 3 heteroatoms. The molecule has 0 radical (unpaired) electrons. The van der Waals surface area contributed by atoms with Gasteiger partial charge >= 0.3 is 7.12 Å². The normalized spacial score (nSPS) is 11.0. The van der Waals surface area contributed by atoms with Gasteiger partial charge in [0.15, 0.2) is 0 Å². The number of fused-ring (bicyclic) bond motifs is 2. The third kappa shape index (κ3) is 2.50. The summed E-state index contributed by atoms with van der Waals surface area (Å²) in [6.45, 7) is 0. The highest BCUT2D eigenvalue weighted by Crippen LogP contribution is 2.31. The average molecular weight is 298 g/mol. The Morgan fingerprint density at radius 2 is 1.30 bits per heavy atom. The topological polar surface area (TPSA) is 40.5 Å². The monoisotopic (exact) mass is 298 g/mol. The van der Waals surface area contributed by atoms with Crippen molar-refractivity contribution >= 4 is 34.1 Å². The summed E-state index contributed by atoms with van der Waals surface area (Å²) >= 11 is 0. The molecule has 0 aliphatic rings. The molecule has 2 N–H and O–H groups in total. The number of rotatable bonds is 2. The molecule has 0 bridgehead atoms. The zero-order chi connectivity index (χ0) is 15.8. The van der Waals surface area contributed by atoms with Crippen LogP contribution < -0.4 is 5.46 Å². The Morgan fingerprint density at radius 3 is 2.09 bits per heavy atom. The average Bonchev–Trinajstić information content (AvgIpc) is 2.59. The van der Waals surface area contributed by atoms with E-state index in [1.807, 2.05) is 36.4 Å². The van der Waals surface area contributed by atoms with Gasteiger partial charge in [0.05, 0.1) is 0 Å². The summed E-state index contributed by atoms with van der Waals surface area (Å²) in [6, 6.07) is 26.3. The van der Waals surface area contributed by atoms with Crippen LogP contribution in [0.5, 0.6) is 0 Å². The quantitative estimate of drug-likeness (QED) is 0.440. The van der Waals surface area contributed by atoms with E-state index in [1.54, 1.807) is 6.07 Å². The van der Waals surface area contributed by atoms with E-state index < -0.39 is 7.12 Å². The second kappa shape index (κ2) is 5.54. The number of hydrogen-bond donors (Lipinski definition) is 2. The molecule has 4 rings (SSSR count). The van der Waals surface area contributed by atoms with Gasteiger partial charge in [-0.3, -0.25) is 0 Å². The van der Waals surface area contributed by atoms with Gasteiger partial charge in [-0.1, -0.05) is 66.7 Å². The lowest BCUT2D eigenvalue weighted by molar-refractivity contribution is 0.426. The minimum absolute atomic E-state index is 0.500. The van der Waals surface area contributed by atoms with Crippen LogP contribution >= 0.6 is 0 Å². The predicted molar refractivity (Wildman–Crippen MR) is 96.7 cm³/mol. The van der Waals surface area contributed by atoms with Gasteiger partial charge in [0.25, 0.3) is 0 Å². The zero-order valence-electron chi connectivity index (χ0n) is 12.5. The molecular formula is C20H15BO2. The summed E-state index contributed by atoms with van der Waals surface area (Å²) in [7, 11) is -1.45. The van der Waals surface area contributed by atoms with Crippen molar-refractivity contribution in [2.45, 2.75) is 0 Å². The van der Waals surface area contributed by atoms with Crippen LogP contribution in [0.2, 0.25) is 0 Å². The Morgan fingerprint density at radius 1 is 0.609 bits per heavy atom. The maximum atomic E-state index is 9.41. The lowest BCUT2D eigenvalue weighted by Gasteiger charge is -2.10. The highest BCUT2D eigenvalue weighted by Gasteiger charge is 2.12. The molecule has 0 fully saturated rings. The third-order valence-electron chi connectivity index (χ3n) is 4.24. The van der Waals surface area contributed by atoms with E-state index in [0.29, 0.717) is 5.46 Å². The summed E-state index contributed by atoms with van der Waals surface area (Å²) in [5.41, 5.74) is 2.58. The first-order valence-corrected chi connectivity index (χ1v) is 7.60. The molecule has 0 saturated heterocycles. The third-order valence-corrected chi connectivity index (χ3v) is 4.24. The van der Waals surface area contributed by atoms with Gasteiger partial charge in [0.1, 0.15) is 0 Å². The second-order valence-electron chi connectivity index (χ2n) is 5.73. The largest absolute Gasteiger partial charge is 0.488 e. The fraction of sp³-hybridized carbons (Fsp3) is 0. The molecule has 0 heterocycles. The molecule has 110 valence electrons. The Kier molecular flexibility index (Phi) is 3.38. The highest BCUT2D eigenvalue weighted by molar-refractivity contribution is 6.58. The van der Waals surface area contributed by atoms with Gasteiger partial charge in [0, 0.05) is 0 Å². The van der Waals surface area contributed by atoms with Crippen LogP contribution in [-0.2, 0) is 0 Å². The molecule has 2 nitrogen and oxygen atoms in total. The first-order valence-electron chi connectivity index (χ1n) is 7.60. The summed E-state index contributed by atoms with van der Waals surface area (Å²) in [5.74, 6) is 0. The lowest BCUT2D eigenvalue weighted by atomic mass is 9.79. The van der Waals surface area contributed by atoms with Crippen molar-refractivity contribution < 1.29 is 10.0 Å². The lowest BCUT2D eigenvalue weighted by Crippen LogP contribution is -2.29. The van der Waals surface area contributed by atoms with Crippen molar-refractivity contribution in [1.29, 1.82) is 0 Å². The molecule has 0 aromatic heterocycles. The molecule has 0 spiro atoms. The van der Waals surface area contributed by atoms with Gasteiger partial charge in [-0.05, 0) is 50.3 Å². The molecule has 0 unspecified atom stereocenters. The fourth-order valence-electron chi connectivity index (χ4n) is 3.09. The molecule has 0 atom stereocenters. The standard InChI is InChI=1S/C20H15BO2/c22-21(23)18-9-3-7-17(12-18)19-10-4-8-16-11-14-5-1-2-6-15(14)13-20(16)19/h1-13,22-23H. The van der Waals surface area contributed by atoms with E-state index >= 15 is 0 Å². The molecule has 4 aromatic rings. The SMILES string of the molecule is OB(O)c1cccc(-c2cccc3cc4ccccc4cc23)c1. The van der Waals surface area contributed by atoms with Gasteiger partial charge < -0.3 is 10.0 Å². The molecule has 0 aliphatic carbocycles. The van der Waals surface area contributed by atoms with E-state index in [4.69, 9.17) is 0 Å². The molecule has 0 aliphatic heterocycles. The summed E-state index contributed by atoms with van der Waals surface area (Å²) < 4.78 is 0. The first kappa shape index (κ1) is 14.0. The molecule has 23 heavy (non-hydrogen) atoms. The van der Waals surface area contributed by atoms with Crippen molar-refractivity contribution in [3.8, 4) is 11.1 Å². The molecule has 4 aromatic carbocycles. The fourth-order valence-corrected chi connectivity index (χ4v) is 3.09. The van der Waals surface area contributed by atoms with Gasteiger partial charge in [0.2, 0.25) is 0 Å². The van der Waals surface area contributed by atoms with Crippen molar-refractivity contribution in [3.63, 3.8) is 0 Å². The molecular weight excluding hydrogens is 283 g/mol. The van der Waals surface area contributed by atoms with E-state index in [-0.39, 0.29) is 0 Å². The minimum atomic E-state index is -1.45. The van der Waals surface area contributed by atoms with E-state index in [0.717, 1.165) is 16.5 Å². The summed E-state index contributed by atoms with van der Waals surface area (Å²) in [5, 5.41) is 23.6. The minimum Gasteiger partial charge on any atom is -0.423 e. The maximum Gasteiger partial charge on any atom is 0.488 e. The van der Waals surface area contributed by atoms with Crippen LogP contribution in [0.4, 0.5) is 0 Å². The van der Waals surface area contributed by atoms with Crippen LogP contribution in [0, 0.1) is 0 Å². The van der Waals surface area contributed by atoms with Crippen molar-refractivity contribution in [2.75, 3.05) is 0 Å². The van der Waals surface area contributed by atoms with Crippen molar-refractivity contribution in [3.05, 3.63) is 78.9 Å². The number of benzene rings is 4. The first-order chi connectivity index (χ1) is 11.2. The summed E-state index contributed by atoms with van der Waals surface area (Å²) in [4.78, 5) is 0. The van der Waals surface area contributed by atoms with Crippen molar-refractivity contribution in [1.82, 2.24) is 0 Å². The molecule has 0 saturated carbocycles. The molecule has 0 amide bonds. The van der Waals surface area contributed by atoms with Crippen LogP contribution in [-0.4, -0.2) is 17.2 Å². The van der Waals surface area contributed by atoms with E-state index in [9.17, 15) is 10.0 Å². The Bertz CT molecular complexity index is 1010. The van der Waals surface area contributed by atoms with Crippen LogP contribution in [0.3, 0.4) is 0 Å². The van der Waals surface area contributed by atoms with Crippen molar-refractivity contribution in [2.24, 2.45) is 0 Å². The Labute approximate surface area is 134 Å².